The van der Waals surface area contributed by atoms with Gasteiger partial charge in [-0.3, -0.25) is 0 Å². The van der Waals surface area contributed by atoms with Crippen molar-refractivity contribution < 1.29 is 5.11 Å². The highest BCUT2D eigenvalue weighted by molar-refractivity contribution is 5.63. The van der Waals surface area contributed by atoms with Gasteiger partial charge in [0.05, 0.1) is 6.10 Å². The van der Waals surface area contributed by atoms with Crippen molar-refractivity contribution in [1.82, 2.24) is 4.90 Å². The van der Waals surface area contributed by atoms with E-state index in [1.54, 1.807) is 0 Å². The van der Waals surface area contributed by atoms with Crippen LogP contribution in [0.2, 0.25) is 0 Å². The molecule has 0 bridgehead atoms. The zero-order valence-electron chi connectivity index (χ0n) is 13.7. The highest BCUT2D eigenvalue weighted by Gasteiger charge is 2.12. The highest BCUT2D eigenvalue weighted by Crippen LogP contribution is 2.22. The van der Waals surface area contributed by atoms with Gasteiger partial charge < -0.3 is 10.0 Å². The van der Waals surface area contributed by atoms with Crippen molar-refractivity contribution in [2.24, 2.45) is 0 Å². The SMILES string of the molecule is CCCCN(CC)CC(O)c1ccc(-c2ccccc2)cc1. The predicted molar refractivity (Wildman–Crippen MR) is 93.9 cm³/mol. The molecule has 0 spiro atoms. The second kappa shape index (κ2) is 8.72. The van der Waals surface area contributed by atoms with E-state index in [2.05, 4.69) is 43.0 Å². The van der Waals surface area contributed by atoms with Gasteiger partial charge >= 0.3 is 0 Å². The fraction of sp³-hybridized carbons (Fsp3) is 0.400. The van der Waals surface area contributed by atoms with Crippen LogP contribution in [0.5, 0.6) is 0 Å². The Morgan fingerprint density at radius 2 is 1.55 bits per heavy atom. The molecule has 118 valence electrons. The zero-order valence-corrected chi connectivity index (χ0v) is 13.7. The van der Waals surface area contributed by atoms with Gasteiger partial charge in [0.25, 0.3) is 0 Å². The number of nitrogens with zero attached hydrogens (tertiary/aromatic N) is 1. The Morgan fingerprint density at radius 3 is 2.14 bits per heavy atom. The second-order valence-corrected chi connectivity index (χ2v) is 5.75. The molecule has 2 aromatic carbocycles. The van der Waals surface area contributed by atoms with Crippen molar-refractivity contribution >= 4 is 0 Å². The summed E-state index contributed by atoms with van der Waals surface area (Å²) in [5.41, 5.74) is 3.39. The third-order valence-corrected chi connectivity index (χ3v) is 4.11. The van der Waals surface area contributed by atoms with Gasteiger partial charge in [-0.1, -0.05) is 74.9 Å². The lowest BCUT2D eigenvalue weighted by Crippen LogP contribution is -2.29. The normalized spacial score (nSPS) is 12.5. The third kappa shape index (κ3) is 4.69. The van der Waals surface area contributed by atoms with Crippen molar-refractivity contribution in [2.75, 3.05) is 19.6 Å². The van der Waals surface area contributed by atoms with Crippen molar-refractivity contribution in [3.8, 4) is 11.1 Å². The quantitative estimate of drug-likeness (QED) is 0.775. The number of likely N-dealkylation sites (N-methyl/N-ethyl adjacent to an activating group) is 1. The lowest BCUT2D eigenvalue weighted by atomic mass is 10.0. The average molecular weight is 297 g/mol. The largest absolute Gasteiger partial charge is 0.387 e. The maximum atomic E-state index is 10.4. The average Bonchev–Trinajstić information content (AvgIpc) is 2.59. The topological polar surface area (TPSA) is 23.5 Å². The first-order chi connectivity index (χ1) is 10.7. The number of unbranched alkanes of at least 4 members (excludes halogenated alkanes) is 1. The molecular formula is C20H27NO. The van der Waals surface area contributed by atoms with Crippen LogP contribution >= 0.6 is 0 Å². The van der Waals surface area contributed by atoms with Crippen LogP contribution in [0, 0.1) is 0 Å². The number of hydrogen-bond donors (Lipinski definition) is 1. The lowest BCUT2D eigenvalue weighted by Gasteiger charge is -2.23. The molecule has 1 unspecified atom stereocenters. The van der Waals surface area contributed by atoms with Crippen LogP contribution in [0.25, 0.3) is 11.1 Å². The van der Waals surface area contributed by atoms with Crippen LogP contribution in [-0.4, -0.2) is 29.6 Å². The monoisotopic (exact) mass is 297 g/mol. The van der Waals surface area contributed by atoms with Crippen LogP contribution in [0.1, 0.15) is 38.4 Å². The lowest BCUT2D eigenvalue weighted by molar-refractivity contribution is 0.115. The molecule has 2 aromatic rings. The number of benzene rings is 2. The van der Waals surface area contributed by atoms with Crippen LogP contribution in [0.15, 0.2) is 54.6 Å². The van der Waals surface area contributed by atoms with Crippen LogP contribution < -0.4 is 0 Å². The molecule has 0 amide bonds. The Bertz CT molecular complexity index is 535. The van der Waals surface area contributed by atoms with Crippen molar-refractivity contribution in [3.63, 3.8) is 0 Å². The van der Waals surface area contributed by atoms with Gasteiger partial charge in [0, 0.05) is 6.54 Å². The Balaban J connectivity index is 2.00. The molecule has 0 radical (unpaired) electrons. The molecule has 0 heterocycles. The summed E-state index contributed by atoms with van der Waals surface area (Å²) in [6.07, 6.45) is 1.97. The molecule has 0 aliphatic rings. The van der Waals surface area contributed by atoms with Crippen molar-refractivity contribution in [1.29, 1.82) is 0 Å². The zero-order chi connectivity index (χ0) is 15.8. The molecule has 22 heavy (non-hydrogen) atoms. The highest BCUT2D eigenvalue weighted by atomic mass is 16.3. The van der Waals surface area contributed by atoms with Crippen molar-refractivity contribution in [2.45, 2.75) is 32.8 Å². The van der Waals surface area contributed by atoms with E-state index < -0.39 is 6.10 Å². The molecule has 0 aliphatic heterocycles. The van der Waals surface area contributed by atoms with Gasteiger partial charge in [-0.15, -0.1) is 0 Å². The molecule has 2 nitrogen and oxygen atoms in total. The number of aliphatic hydroxyl groups excluding tert-OH is 1. The van der Waals surface area contributed by atoms with Gasteiger partial charge in [0.2, 0.25) is 0 Å². The summed E-state index contributed by atoms with van der Waals surface area (Å²) >= 11 is 0. The first kappa shape index (κ1) is 16.7. The van der Waals surface area contributed by atoms with E-state index in [-0.39, 0.29) is 0 Å². The fourth-order valence-electron chi connectivity index (χ4n) is 2.64. The molecule has 1 N–H and O–H groups in total. The van der Waals surface area contributed by atoms with E-state index >= 15 is 0 Å². The summed E-state index contributed by atoms with van der Waals surface area (Å²) in [6.45, 7) is 7.11. The van der Waals surface area contributed by atoms with Crippen LogP contribution in [-0.2, 0) is 0 Å². The Labute approximate surface area is 134 Å². The number of hydrogen-bond acceptors (Lipinski definition) is 2. The smallest absolute Gasteiger partial charge is 0.0916 e. The number of aliphatic hydroxyl groups is 1. The summed E-state index contributed by atoms with van der Waals surface area (Å²) < 4.78 is 0. The van der Waals surface area contributed by atoms with Gasteiger partial charge in [0.1, 0.15) is 0 Å². The first-order valence-electron chi connectivity index (χ1n) is 8.30. The van der Waals surface area contributed by atoms with E-state index in [0.717, 1.165) is 18.7 Å². The summed E-state index contributed by atoms with van der Waals surface area (Å²) in [5, 5.41) is 10.4. The summed E-state index contributed by atoms with van der Waals surface area (Å²) in [6, 6.07) is 18.6. The first-order valence-corrected chi connectivity index (χ1v) is 8.30. The minimum atomic E-state index is -0.415. The Hall–Kier alpha value is -1.64. The maximum Gasteiger partial charge on any atom is 0.0916 e. The minimum Gasteiger partial charge on any atom is -0.387 e. The molecule has 0 aliphatic carbocycles. The second-order valence-electron chi connectivity index (χ2n) is 5.75. The summed E-state index contributed by atoms with van der Waals surface area (Å²) in [5.74, 6) is 0. The summed E-state index contributed by atoms with van der Waals surface area (Å²) in [7, 11) is 0. The minimum absolute atomic E-state index is 0.415. The molecule has 0 saturated carbocycles. The molecule has 2 heteroatoms. The van der Waals surface area contributed by atoms with Gasteiger partial charge in [-0.2, -0.15) is 0 Å². The Kier molecular flexibility index (Phi) is 6.63. The molecule has 0 aromatic heterocycles. The maximum absolute atomic E-state index is 10.4. The molecule has 0 saturated heterocycles. The molecule has 0 fully saturated rings. The van der Waals surface area contributed by atoms with Gasteiger partial charge in [0.15, 0.2) is 0 Å². The molecular weight excluding hydrogens is 270 g/mol. The molecule has 1 atom stereocenters. The van der Waals surface area contributed by atoms with Crippen LogP contribution in [0.4, 0.5) is 0 Å². The predicted octanol–water partition coefficient (Wildman–Crippen LogP) is 4.51. The van der Waals surface area contributed by atoms with Crippen molar-refractivity contribution in [3.05, 3.63) is 60.2 Å². The summed E-state index contributed by atoms with van der Waals surface area (Å²) in [4.78, 5) is 2.32. The third-order valence-electron chi connectivity index (χ3n) is 4.11. The van der Waals surface area contributed by atoms with E-state index in [9.17, 15) is 5.11 Å². The van der Waals surface area contributed by atoms with Crippen LogP contribution in [0.3, 0.4) is 0 Å². The van der Waals surface area contributed by atoms with E-state index in [4.69, 9.17) is 0 Å². The number of rotatable bonds is 8. The van der Waals surface area contributed by atoms with E-state index in [0.29, 0.717) is 6.54 Å². The van der Waals surface area contributed by atoms with E-state index in [1.807, 2.05) is 30.3 Å². The van der Waals surface area contributed by atoms with Gasteiger partial charge in [-0.25, -0.2) is 0 Å². The molecule has 2 rings (SSSR count). The fourth-order valence-corrected chi connectivity index (χ4v) is 2.64. The Morgan fingerprint density at radius 1 is 0.909 bits per heavy atom. The van der Waals surface area contributed by atoms with E-state index in [1.165, 1.54) is 24.0 Å². The van der Waals surface area contributed by atoms with Gasteiger partial charge in [-0.05, 0) is 36.2 Å². The standard InChI is InChI=1S/C20H27NO/c1-3-5-15-21(4-2)16-20(22)19-13-11-18(12-14-19)17-9-7-6-8-10-17/h6-14,20,22H,3-5,15-16H2,1-2H3.